The van der Waals surface area contributed by atoms with Gasteiger partial charge in [0, 0.05) is 22.7 Å². The van der Waals surface area contributed by atoms with Crippen LogP contribution in [0.5, 0.6) is 5.75 Å². The molecule has 0 aliphatic carbocycles. The third-order valence-electron chi connectivity index (χ3n) is 7.13. The molecule has 8 nitrogen and oxygen atoms in total. The Balaban J connectivity index is 1.78. The quantitative estimate of drug-likeness (QED) is 0.227. The van der Waals surface area contributed by atoms with E-state index < -0.39 is 47.5 Å². The topological polar surface area (TPSA) is 117 Å². The second-order valence-electron chi connectivity index (χ2n) is 11.4. The number of halogens is 3. The van der Waals surface area contributed by atoms with Crippen molar-refractivity contribution in [3.63, 3.8) is 0 Å². The lowest BCUT2D eigenvalue weighted by atomic mass is 9.76. The van der Waals surface area contributed by atoms with Gasteiger partial charge in [0.2, 0.25) is 11.8 Å². The van der Waals surface area contributed by atoms with E-state index in [1.807, 2.05) is 20.8 Å². The number of amides is 2. The maximum absolute atomic E-state index is 15.6. The molecule has 1 heterocycles. The predicted molar refractivity (Wildman–Crippen MR) is 161 cm³/mol. The van der Waals surface area contributed by atoms with Gasteiger partial charge in [0.05, 0.1) is 35.3 Å². The number of benzene rings is 3. The standard InChI is InChI=1S/C31H32Cl2FN3O5/c1-31(2,3)15-22-25(28(38)35-18-8-5-7-17(32)14-18)24(19-9-6-10-20(33)26(19)34)27(36-22)29(39)37-21-12-11-16(30(40)41)13-23(21)42-4/h5-14,22,24-25,27,36H,15H2,1-4H3,(H,35,38)(H,37,39)(H,40,41)/t22-,24+,25?,27+/m0/s1. The summed E-state index contributed by atoms with van der Waals surface area (Å²) in [5.41, 5.74) is 0.518. The Morgan fingerprint density at radius 1 is 1.00 bits per heavy atom. The highest BCUT2D eigenvalue weighted by molar-refractivity contribution is 6.31. The molecular formula is C31H32Cl2FN3O5. The molecule has 222 valence electrons. The molecular weight excluding hydrogens is 584 g/mol. The summed E-state index contributed by atoms with van der Waals surface area (Å²) in [6.07, 6.45) is 0.486. The largest absolute Gasteiger partial charge is 0.495 e. The smallest absolute Gasteiger partial charge is 0.335 e. The number of carboxylic acids is 1. The minimum Gasteiger partial charge on any atom is -0.495 e. The van der Waals surface area contributed by atoms with Gasteiger partial charge in [0.1, 0.15) is 11.6 Å². The number of ether oxygens (including phenoxy) is 1. The minimum atomic E-state index is -1.15. The first-order chi connectivity index (χ1) is 19.8. The van der Waals surface area contributed by atoms with Crippen molar-refractivity contribution >= 4 is 52.4 Å². The lowest BCUT2D eigenvalue weighted by Crippen LogP contribution is -2.42. The van der Waals surface area contributed by atoms with E-state index in [4.69, 9.17) is 27.9 Å². The first-order valence-electron chi connectivity index (χ1n) is 13.3. The molecule has 4 rings (SSSR count). The molecule has 11 heteroatoms. The molecule has 4 N–H and O–H groups in total. The van der Waals surface area contributed by atoms with Gasteiger partial charge in [-0.3, -0.25) is 9.59 Å². The number of methoxy groups -OCH3 is 1. The van der Waals surface area contributed by atoms with Crippen LogP contribution in [0.15, 0.2) is 60.7 Å². The number of nitrogens with one attached hydrogen (secondary N) is 3. The average molecular weight is 617 g/mol. The van der Waals surface area contributed by atoms with Crippen LogP contribution < -0.4 is 20.7 Å². The van der Waals surface area contributed by atoms with Crippen molar-refractivity contribution in [2.45, 2.75) is 45.2 Å². The Bertz CT molecular complexity index is 1510. The summed E-state index contributed by atoms with van der Waals surface area (Å²) in [5, 5.41) is 18.6. The zero-order valence-electron chi connectivity index (χ0n) is 23.5. The first-order valence-corrected chi connectivity index (χ1v) is 14.0. The summed E-state index contributed by atoms with van der Waals surface area (Å²) >= 11 is 12.3. The Hall–Kier alpha value is -3.66. The zero-order chi connectivity index (χ0) is 30.8. The van der Waals surface area contributed by atoms with Crippen molar-refractivity contribution in [2.24, 2.45) is 11.3 Å². The van der Waals surface area contributed by atoms with Gasteiger partial charge in [-0.1, -0.05) is 62.2 Å². The van der Waals surface area contributed by atoms with Gasteiger partial charge in [-0.05, 0) is 59.9 Å². The molecule has 3 aromatic carbocycles. The Kier molecular flexibility index (Phi) is 9.45. The fourth-order valence-corrected chi connectivity index (χ4v) is 5.78. The van der Waals surface area contributed by atoms with Gasteiger partial charge >= 0.3 is 5.97 Å². The van der Waals surface area contributed by atoms with Crippen molar-refractivity contribution < 1.29 is 28.6 Å². The molecule has 1 aliphatic rings. The Morgan fingerprint density at radius 2 is 1.71 bits per heavy atom. The highest BCUT2D eigenvalue weighted by Crippen LogP contribution is 2.43. The van der Waals surface area contributed by atoms with E-state index in [1.165, 1.54) is 37.4 Å². The van der Waals surface area contributed by atoms with Crippen LogP contribution in [0.3, 0.4) is 0 Å². The number of carbonyl (C=O) groups excluding carboxylic acids is 2. The highest BCUT2D eigenvalue weighted by Gasteiger charge is 2.52. The van der Waals surface area contributed by atoms with Crippen LogP contribution in [0.25, 0.3) is 0 Å². The fourth-order valence-electron chi connectivity index (χ4n) is 5.41. The number of hydrogen-bond acceptors (Lipinski definition) is 5. The van der Waals surface area contributed by atoms with Crippen LogP contribution in [0, 0.1) is 17.2 Å². The molecule has 0 saturated carbocycles. The molecule has 1 unspecified atom stereocenters. The molecule has 42 heavy (non-hydrogen) atoms. The van der Waals surface area contributed by atoms with Gasteiger partial charge < -0.3 is 25.8 Å². The number of carbonyl (C=O) groups is 3. The van der Waals surface area contributed by atoms with E-state index >= 15 is 4.39 Å². The van der Waals surface area contributed by atoms with E-state index in [0.29, 0.717) is 17.1 Å². The summed E-state index contributed by atoms with van der Waals surface area (Å²) in [4.78, 5) is 39.3. The molecule has 1 saturated heterocycles. The number of carboxylic acid groups (broad SMARTS) is 1. The van der Waals surface area contributed by atoms with Crippen molar-refractivity contribution in [3.05, 3.63) is 87.7 Å². The van der Waals surface area contributed by atoms with Gasteiger partial charge in [0.15, 0.2) is 0 Å². The van der Waals surface area contributed by atoms with E-state index in [0.717, 1.165) is 0 Å². The monoisotopic (exact) mass is 615 g/mol. The number of hydrogen-bond donors (Lipinski definition) is 4. The molecule has 4 atom stereocenters. The maximum atomic E-state index is 15.6. The molecule has 0 bridgehead atoms. The Labute approximate surface area is 253 Å². The number of rotatable bonds is 8. The first kappa shape index (κ1) is 31.3. The van der Waals surface area contributed by atoms with Crippen LogP contribution in [0.4, 0.5) is 15.8 Å². The van der Waals surface area contributed by atoms with E-state index in [1.54, 1.807) is 30.3 Å². The summed E-state index contributed by atoms with van der Waals surface area (Å²) in [7, 11) is 1.35. The normalized spacial score (nSPS) is 20.2. The molecule has 1 fully saturated rings. The van der Waals surface area contributed by atoms with Gasteiger partial charge in [-0.15, -0.1) is 0 Å². The summed E-state index contributed by atoms with van der Waals surface area (Å²) < 4.78 is 20.9. The average Bonchev–Trinajstić information content (AvgIpc) is 3.27. The molecule has 3 aromatic rings. The SMILES string of the molecule is COc1cc(C(=O)O)ccc1NC(=O)[C@@H]1N[C@@H](CC(C)(C)C)C(C(=O)Nc2cccc(Cl)c2)[C@H]1c1cccc(Cl)c1F. The van der Waals surface area contributed by atoms with Crippen molar-refractivity contribution in [1.82, 2.24) is 5.32 Å². The van der Waals surface area contributed by atoms with Crippen molar-refractivity contribution in [1.29, 1.82) is 0 Å². The van der Waals surface area contributed by atoms with Crippen LogP contribution in [0.2, 0.25) is 10.0 Å². The summed E-state index contributed by atoms with van der Waals surface area (Å²) in [5.74, 6) is -4.56. The fraction of sp³-hybridized carbons (Fsp3) is 0.323. The molecule has 2 amide bonds. The predicted octanol–water partition coefficient (Wildman–Crippen LogP) is 6.59. The van der Waals surface area contributed by atoms with Crippen molar-refractivity contribution in [3.8, 4) is 5.75 Å². The van der Waals surface area contributed by atoms with Crippen LogP contribution in [0.1, 0.15) is 49.0 Å². The minimum absolute atomic E-state index is 0.0225. The van der Waals surface area contributed by atoms with Gasteiger partial charge in [-0.25, -0.2) is 9.18 Å². The second-order valence-corrected chi connectivity index (χ2v) is 12.3. The third-order valence-corrected chi connectivity index (χ3v) is 7.66. The maximum Gasteiger partial charge on any atom is 0.335 e. The highest BCUT2D eigenvalue weighted by atomic mass is 35.5. The third kappa shape index (κ3) is 7.03. The van der Waals surface area contributed by atoms with Crippen LogP contribution >= 0.6 is 23.2 Å². The summed E-state index contributed by atoms with van der Waals surface area (Å²) in [6.45, 7) is 6.04. The van der Waals surface area contributed by atoms with E-state index in [2.05, 4.69) is 16.0 Å². The van der Waals surface area contributed by atoms with Crippen LogP contribution in [-0.2, 0) is 9.59 Å². The van der Waals surface area contributed by atoms with E-state index in [9.17, 15) is 19.5 Å². The van der Waals surface area contributed by atoms with E-state index in [-0.39, 0.29) is 33.0 Å². The molecule has 0 radical (unpaired) electrons. The number of aromatic carboxylic acids is 1. The second kappa shape index (κ2) is 12.7. The molecule has 0 spiro atoms. The Morgan fingerprint density at radius 3 is 2.36 bits per heavy atom. The summed E-state index contributed by atoms with van der Waals surface area (Å²) in [6, 6.07) is 13.6. The molecule has 1 aliphatic heterocycles. The van der Waals surface area contributed by atoms with Crippen molar-refractivity contribution in [2.75, 3.05) is 17.7 Å². The van der Waals surface area contributed by atoms with Gasteiger partial charge in [-0.2, -0.15) is 0 Å². The lowest BCUT2D eigenvalue weighted by Gasteiger charge is -2.29. The van der Waals surface area contributed by atoms with Crippen LogP contribution in [-0.4, -0.2) is 42.1 Å². The zero-order valence-corrected chi connectivity index (χ0v) is 25.0. The molecule has 0 aromatic heterocycles. The van der Waals surface area contributed by atoms with Gasteiger partial charge in [0.25, 0.3) is 0 Å². The lowest BCUT2D eigenvalue weighted by molar-refractivity contribution is -0.121. The number of anilines is 2.